The number of hydrogen-bond acceptors (Lipinski definition) is 4. The summed E-state index contributed by atoms with van der Waals surface area (Å²) >= 11 is 0. The molecule has 0 atom stereocenters. The predicted octanol–water partition coefficient (Wildman–Crippen LogP) is 9.79. The third-order valence-corrected chi connectivity index (χ3v) is 7.07. The third-order valence-electron chi connectivity index (χ3n) is 7.07. The summed E-state index contributed by atoms with van der Waals surface area (Å²) in [6, 6.07) is 15.9. The van der Waals surface area contributed by atoms with Crippen LogP contribution in [0.2, 0.25) is 0 Å². The van der Waals surface area contributed by atoms with Crippen molar-refractivity contribution in [2.24, 2.45) is 9.98 Å². The zero-order chi connectivity index (χ0) is 30.3. The average Bonchev–Trinajstić information content (AvgIpc) is 2.80. The maximum absolute atomic E-state index is 11.0. The fraction of sp³-hybridized carbons (Fsp3) is 0.444. The first-order chi connectivity index (χ1) is 18.2. The van der Waals surface area contributed by atoms with Crippen LogP contribution in [0.1, 0.15) is 116 Å². The highest BCUT2D eigenvalue weighted by molar-refractivity contribution is 5.85. The number of phenols is 2. The van der Waals surface area contributed by atoms with Gasteiger partial charge in [0.25, 0.3) is 0 Å². The molecule has 0 aliphatic rings. The summed E-state index contributed by atoms with van der Waals surface area (Å²) in [6.45, 7) is 25.3. The molecule has 0 bridgehead atoms. The summed E-state index contributed by atoms with van der Waals surface area (Å²) in [5.41, 5.74) is 6.52. The molecule has 40 heavy (non-hydrogen) atoms. The van der Waals surface area contributed by atoms with Gasteiger partial charge in [0.1, 0.15) is 11.5 Å². The van der Waals surface area contributed by atoms with Gasteiger partial charge >= 0.3 is 0 Å². The van der Waals surface area contributed by atoms with E-state index in [4.69, 9.17) is 9.98 Å². The summed E-state index contributed by atoms with van der Waals surface area (Å²) in [5.74, 6) is 0.745. The van der Waals surface area contributed by atoms with Crippen molar-refractivity contribution in [1.29, 1.82) is 0 Å². The quantitative estimate of drug-likeness (QED) is 0.323. The summed E-state index contributed by atoms with van der Waals surface area (Å²) in [4.78, 5) is 9.43. The smallest absolute Gasteiger partial charge is 0.123 e. The van der Waals surface area contributed by atoms with Crippen molar-refractivity contribution < 1.29 is 10.2 Å². The van der Waals surface area contributed by atoms with E-state index >= 15 is 0 Å². The van der Waals surface area contributed by atoms with E-state index in [0.717, 1.165) is 44.8 Å². The minimum absolute atomic E-state index is 0.188. The summed E-state index contributed by atoms with van der Waals surface area (Å²) in [7, 11) is 0. The number of aromatic hydroxyl groups is 2. The molecule has 0 aliphatic heterocycles. The molecular formula is C36H48N2O2. The summed E-state index contributed by atoms with van der Waals surface area (Å²) in [5, 5.41) is 22.0. The molecule has 4 heteroatoms. The van der Waals surface area contributed by atoms with Gasteiger partial charge < -0.3 is 10.2 Å². The molecule has 0 saturated heterocycles. The molecule has 2 N–H and O–H groups in total. The Hall–Kier alpha value is -3.40. The second-order valence-corrected chi connectivity index (χ2v) is 15.0. The van der Waals surface area contributed by atoms with Crippen LogP contribution in [-0.2, 0) is 21.7 Å². The Morgan fingerprint density at radius 3 is 0.875 bits per heavy atom. The standard InChI is InChI=1S/C36H48N2O2/c1-33(2,3)27-17-23(18-28(31(27)39)34(4,5)6)21-37-25-13-15-26(16-14-25)38-22-24-19-29(35(7,8)9)32(40)30(20-24)36(10,11)12/h13-22,39-40H,1-12H3. The van der Waals surface area contributed by atoms with Gasteiger partial charge in [-0.1, -0.05) is 83.1 Å². The van der Waals surface area contributed by atoms with Crippen LogP contribution in [0.5, 0.6) is 11.5 Å². The van der Waals surface area contributed by atoms with Gasteiger partial charge in [-0.25, -0.2) is 0 Å². The van der Waals surface area contributed by atoms with E-state index in [1.54, 1.807) is 0 Å². The zero-order valence-electron chi connectivity index (χ0n) is 26.6. The van der Waals surface area contributed by atoms with Crippen LogP contribution >= 0.6 is 0 Å². The lowest BCUT2D eigenvalue weighted by Crippen LogP contribution is -2.17. The highest BCUT2D eigenvalue weighted by Gasteiger charge is 2.27. The van der Waals surface area contributed by atoms with Gasteiger partial charge in [0, 0.05) is 34.7 Å². The Bertz CT molecular complexity index is 1240. The molecular weight excluding hydrogens is 492 g/mol. The van der Waals surface area contributed by atoms with E-state index in [1.807, 2.05) is 61.0 Å². The second-order valence-electron chi connectivity index (χ2n) is 15.0. The first kappa shape index (κ1) is 31.1. The Morgan fingerprint density at radius 2 is 0.675 bits per heavy atom. The van der Waals surface area contributed by atoms with Crippen LogP contribution in [-0.4, -0.2) is 22.6 Å². The minimum Gasteiger partial charge on any atom is -0.507 e. The third kappa shape index (κ3) is 7.41. The molecule has 214 valence electrons. The van der Waals surface area contributed by atoms with Crippen molar-refractivity contribution >= 4 is 23.8 Å². The minimum atomic E-state index is -0.188. The van der Waals surface area contributed by atoms with E-state index in [1.165, 1.54) is 0 Å². The first-order valence-electron chi connectivity index (χ1n) is 14.1. The molecule has 0 unspecified atom stereocenters. The fourth-order valence-electron chi connectivity index (χ4n) is 4.67. The SMILES string of the molecule is CC(C)(C)c1cc(C=Nc2ccc(N=Cc3cc(C(C)(C)C)c(O)c(C(C)(C)C)c3)cc2)cc(C(C)(C)C)c1O. The fourth-order valence-corrected chi connectivity index (χ4v) is 4.67. The van der Waals surface area contributed by atoms with Crippen LogP contribution in [0.25, 0.3) is 0 Å². The topological polar surface area (TPSA) is 65.2 Å². The molecule has 0 fully saturated rings. The molecule has 0 amide bonds. The van der Waals surface area contributed by atoms with E-state index < -0.39 is 0 Å². The lowest BCUT2D eigenvalue weighted by Gasteiger charge is -2.27. The molecule has 0 aromatic heterocycles. The number of aliphatic imine (C=N–C) groups is 2. The van der Waals surface area contributed by atoms with Crippen molar-refractivity contribution in [3.8, 4) is 11.5 Å². The number of benzene rings is 3. The maximum atomic E-state index is 11.0. The van der Waals surface area contributed by atoms with Gasteiger partial charge in [-0.15, -0.1) is 0 Å². The second kappa shape index (κ2) is 10.9. The molecule has 0 heterocycles. The molecule has 4 nitrogen and oxygen atoms in total. The van der Waals surface area contributed by atoms with Crippen LogP contribution < -0.4 is 0 Å². The monoisotopic (exact) mass is 540 g/mol. The predicted molar refractivity (Wildman–Crippen MR) is 172 cm³/mol. The van der Waals surface area contributed by atoms with Gasteiger partial charge in [-0.05, 0) is 81.3 Å². The molecule has 0 spiro atoms. The van der Waals surface area contributed by atoms with E-state index in [2.05, 4.69) is 83.1 Å². The molecule has 3 aromatic rings. The van der Waals surface area contributed by atoms with Crippen LogP contribution in [0, 0.1) is 0 Å². The zero-order valence-corrected chi connectivity index (χ0v) is 26.6. The molecule has 3 rings (SSSR count). The van der Waals surface area contributed by atoms with Gasteiger partial charge in [-0.2, -0.15) is 0 Å². The Morgan fingerprint density at radius 1 is 0.450 bits per heavy atom. The Balaban J connectivity index is 1.90. The first-order valence-corrected chi connectivity index (χ1v) is 14.1. The summed E-state index contributed by atoms with van der Waals surface area (Å²) in [6.07, 6.45) is 3.72. The molecule has 3 aromatic carbocycles. The highest BCUT2D eigenvalue weighted by Crippen LogP contribution is 2.41. The van der Waals surface area contributed by atoms with E-state index in [9.17, 15) is 10.2 Å². The van der Waals surface area contributed by atoms with Crippen molar-refractivity contribution in [3.63, 3.8) is 0 Å². The van der Waals surface area contributed by atoms with Crippen LogP contribution in [0.3, 0.4) is 0 Å². The maximum Gasteiger partial charge on any atom is 0.123 e. The van der Waals surface area contributed by atoms with Crippen molar-refractivity contribution in [3.05, 3.63) is 81.9 Å². The normalized spacial score (nSPS) is 13.5. The molecule has 0 radical (unpaired) electrons. The van der Waals surface area contributed by atoms with E-state index in [0.29, 0.717) is 11.5 Å². The number of hydrogen-bond donors (Lipinski definition) is 2. The Labute approximate surface area is 241 Å². The van der Waals surface area contributed by atoms with Gasteiger partial charge in [0.2, 0.25) is 0 Å². The van der Waals surface area contributed by atoms with Crippen molar-refractivity contribution in [2.45, 2.75) is 105 Å². The number of rotatable bonds is 4. The summed E-state index contributed by atoms with van der Waals surface area (Å²) < 4.78 is 0. The van der Waals surface area contributed by atoms with Crippen molar-refractivity contribution in [2.75, 3.05) is 0 Å². The average molecular weight is 541 g/mol. The lowest BCUT2D eigenvalue weighted by molar-refractivity contribution is 0.422. The van der Waals surface area contributed by atoms with Crippen molar-refractivity contribution in [1.82, 2.24) is 0 Å². The van der Waals surface area contributed by atoms with Gasteiger partial charge in [-0.3, -0.25) is 9.98 Å². The van der Waals surface area contributed by atoms with E-state index in [-0.39, 0.29) is 21.7 Å². The highest BCUT2D eigenvalue weighted by atomic mass is 16.3. The largest absolute Gasteiger partial charge is 0.507 e. The molecule has 0 aliphatic carbocycles. The lowest BCUT2D eigenvalue weighted by atomic mass is 9.78. The molecule has 0 saturated carbocycles. The van der Waals surface area contributed by atoms with Crippen LogP contribution in [0.4, 0.5) is 11.4 Å². The Kier molecular flexibility index (Phi) is 8.46. The number of nitrogens with zero attached hydrogens (tertiary/aromatic N) is 2. The van der Waals surface area contributed by atoms with Gasteiger partial charge in [0.15, 0.2) is 0 Å². The van der Waals surface area contributed by atoms with Gasteiger partial charge in [0.05, 0.1) is 11.4 Å². The number of phenolic OH excluding ortho intramolecular Hbond substituents is 2. The van der Waals surface area contributed by atoms with Crippen LogP contribution in [0.15, 0.2) is 58.5 Å².